The summed E-state index contributed by atoms with van der Waals surface area (Å²) in [4.78, 5) is 14.1. The fourth-order valence-corrected chi connectivity index (χ4v) is 2.73. The van der Waals surface area contributed by atoms with Gasteiger partial charge >= 0.3 is 0 Å². The highest BCUT2D eigenvalue weighted by molar-refractivity contribution is 6.42. The van der Waals surface area contributed by atoms with Crippen LogP contribution in [0.3, 0.4) is 0 Å². The van der Waals surface area contributed by atoms with Crippen molar-refractivity contribution in [3.8, 4) is 0 Å². The molecule has 0 aliphatic carbocycles. The molecule has 1 amide bonds. The van der Waals surface area contributed by atoms with Gasteiger partial charge in [-0.3, -0.25) is 4.79 Å². The van der Waals surface area contributed by atoms with Gasteiger partial charge in [-0.1, -0.05) is 47.5 Å². The van der Waals surface area contributed by atoms with E-state index in [1.165, 1.54) is 5.69 Å². The molecule has 5 heteroatoms. The molecule has 2 aromatic rings. The lowest BCUT2D eigenvalue weighted by Crippen LogP contribution is -2.27. The van der Waals surface area contributed by atoms with Gasteiger partial charge in [-0.05, 0) is 42.7 Å². The summed E-state index contributed by atoms with van der Waals surface area (Å²) >= 11 is 11.8. The van der Waals surface area contributed by atoms with Crippen LogP contribution in [0.5, 0.6) is 0 Å². The van der Waals surface area contributed by atoms with E-state index in [2.05, 4.69) is 29.4 Å². The molecule has 2 rings (SSSR count). The fraction of sp³-hybridized carbons (Fsp3) is 0.316. The van der Waals surface area contributed by atoms with Crippen molar-refractivity contribution in [1.29, 1.82) is 0 Å². The molecule has 0 spiro atoms. The number of rotatable bonds is 8. The summed E-state index contributed by atoms with van der Waals surface area (Å²) in [5.74, 6) is 0.00445. The molecular weight excluding hydrogens is 343 g/mol. The first-order chi connectivity index (χ1) is 11.6. The second-order valence-corrected chi connectivity index (χ2v) is 6.55. The number of benzene rings is 2. The molecule has 0 saturated heterocycles. The zero-order valence-corrected chi connectivity index (χ0v) is 15.3. The number of amides is 1. The number of carbonyl (C=O) groups is 1. The molecule has 0 aliphatic rings. The van der Waals surface area contributed by atoms with Crippen molar-refractivity contribution in [2.24, 2.45) is 0 Å². The van der Waals surface area contributed by atoms with E-state index in [0.29, 0.717) is 23.0 Å². The van der Waals surface area contributed by atoms with Crippen molar-refractivity contribution >= 4 is 34.8 Å². The van der Waals surface area contributed by atoms with E-state index in [9.17, 15) is 4.79 Å². The number of carbonyl (C=O) groups excluding carboxylic acids is 1. The van der Waals surface area contributed by atoms with E-state index in [1.54, 1.807) is 12.1 Å². The Kier molecular flexibility index (Phi) is 7.41. The van der Waals surface area contributed by atoms with Gasteiger partial charge in [0.2, 0.25) is 5.91 Å². The molecule has 3 nitrogen and oxygen atoms in total. The summed E-state index contributed by atoms with van der Waals surface area (Å²) in [5.41, 5.74) is 2.08. The van der Waals surface area contributed by atoms with Crippen molar-refractivity contribution in [1.82, 2.24) is 5.32 Å². The van der Waals surface area contributed by atoms with Crippen LogP contribution in [0.15, 0.2) is 48.5 Å². The first-order valence-electron chi connectivity index (χ1n) is 8.03. The van der Waals surface area contributed by atoms with E-state index >= 15 is 0 Å². The van der Waals surface area contributed by atoms with Crippen LogP contribution >= 0.6 is 23.2 Å². The Morgan fingerprint density at radius 2 is 1.79 bits per heavy atom. The van der Waals surface area contributed by atoms with Gasteiger partial charge < -0.3 is 10.2 Å². The van der Waals surface area contributed by atoms with Crippen LogP contribution in [0.4, 0.5) is 5.69 Å². The van der Waals surface area contributed by atoms with Crippen LogP contribution in [0.2, 0.25) is 10.0 Å². The zero-order valence-electron chi connectivity index (χ0n) is 13.8. The van der Waals surface area contributed by atoms with Crippen molar-refractivity contribution in [2.45, 2.75) is 19.3 Å². The van der Waals surface area contributed by atoms with Crippen LogP contribution in [-0.4, -0.2) is 26.0 Å². The molecule has 0 heterocycles. The quantitative estimate of drug-likeness (QED) is 0.695. The molecule has 0 fully saturated rings. The fourth-order valence-electron chi connectivity index (χ4n) is 2.41. The number of anilines is 1. The van der Waals surface area contributed by atoms with Crippen LogP contribution < -0.4 is 10.2 Å². The molecule has 0 radical (unpaired) electrons. The Bertz CT molecular complexity index is 662. The summed E-state index contributed by atoms with van der Waals surface area (Å²) in [7, 11) is 2.08. The van der Waals surface area contributed by atoms with Gasteiger partial charge in [0, 0.05) is 25.8 Å². The van der Waals surface area contributed by atoms with Crippen molar-refractivity contribution in [2.75, 3.05) is 25.0 Å². The number of halogens is 2. The molecule has 0 unspecified atom stereocenters. The minimum Gasteiger partial charge on any atom is -0.375 e. The number of hydrogen-bond acceptors (Lipinski definition) is 2. The highest BCUT2D eigenvalue weighted by Gasteiger charge is 2.05. The highest BCUT2D eigenvalue weighted by atomic mass is 35.5. The summed E-state index contributed by atoms with van der Waals surface area (Å²) in [5, 5.41) is 3.93. The molecular formula is C19H22Cl2N2O. The largest absolute Gasteiger partial charge is 0.375 e. The maximum absolute atomic E-state index is 11.9. The van der Waals surface area contributed by atoms with E-state index in [4.69, 9.17) is 23.2 Å². The lowest BCUT2D eigenvalue weighted by molar-refractivity contribution is -0.120. The van der Waals surface area contributed by atoms with Crippen molar-refractivity contribution in [3.63, 3.8) is 0 Å². The predicted octanol–water partition coefficient (Wildman–Crippen LogP) is 4.57. The maximum Gasteiger partial charge on any atom is 0.224 e. The molecule has 0 saturated carbocycles. The number of hydrogen-bond donors (Lipinski definition) is 1. The lowest BCUT2D eigenvalue weighted by atomic mass is 10.1. The third kappa shape index (κ3) is 6.06. The van der Waals surface area contributed by atoms with Crippen molar-refractivity contribution < 1.29 is 4.79 Å². The van der Waals surface area contributed by atoms with Gasteiger partial charge in [-0.15, -0.1) is 0 Å². The molecule has 1 N–H and O–H groups in total. The molecule has 24 heavy (non-hydrogen) atoms. The third-order valence-corrected chi connectivity index (χ3v) is 4.53. The second-order valence-electron chi connectivity index (χ2n) is 5.74. The maximum atomic E-state index is 11.9. The molecule has 128 valence electrons. The molecule has 0 aliphatic heterocycles. The number of unbranched alkanes of at least 4 members (excludes halogenated alkanes) is 1. The summed E-state index contributed by atoms with van der Waals surface area (Å²) in [6, 6.07) is 15.6. The Labute approximate surface area is 153 Å². The van der Waals surface area contributed by atoms with Crippen LogP contribution in [0, 0.1) is 0 Å². The third-order valence-electron chi connectivity index (χ3n) is 3.79. The topological polar surface area (TPSA) is 32.3 Å². The van der Waals surface area contributed by atoms with Gasteiger partial charge in [-0.2, -0.15) is 0 Å². The highest BCUT2D eigenvalue weighted by Crippen LogP contribution is 2.22. The predicted molar refractivity (Wildman–Crippen MR) is 102 cm³/mol. The van der Waals surface area contributed by atoms with Gasteiger partial charge in [0.05, 0.1) is 16.5 Å². The van der Waals surface area contributed by atoms with E-state index in [0.717, 1.165) is 24.9 Å². The van der Waals surface area contributed by atoms with E-state index in [1.807, 2.05) is 24.3 Å². The average molecular weight is 365 g/mol. The van der Waals surface area contributed by atoms with E-state index < -0.39 is 0 Å². The number of nitrogens with zero attached hydrogens (tertiary/aromatic N) is 1. The monoisotopic (exact) mass is 364 g/mol. The lowest BCUT2D eigenvalue weighted by Gasteiger charge is -2.19. The zero-order chi connectivity index (χ0) is 17.4. The molecule has 0 atom stereocenters. The Balaban J connectivity index is 1.63. The van der Waals surface area contributed by atoms with Crippen molar-refractivity contribution in [3.05, 3.63) is 64.1 Å². The van der Waals surface area contributed by atoms with E-state index in [-0.39, 0.29) is 5.91 Å². The first kappa shape index (κ1) is 18.6. The van der Waals surface area contributed by atoms with Gasteiger partial charge in [0.15, 0.2) is 0 Å². The summed E-state index contributed by atoms with van der Waals surface area (Å²) < 4.78 is 0. The Morgan fingerprint density at radius 3 is 2.50 bits per heavy atom. The standard InChI is InChI=1S/C19H22Cl2N2O/c1-23(16-7-3-2-4-8-16)12-6-5-11-22-19(24)14-15-9-10-17(20)18(21)13-15/h2-4,7-10,13H,5-6,11-12,14H2,1H3,(H,22,24). The summed E-state index contributed by atoms with van der Waals surface area (Å²) in [6.45, 7) is 1.65. The van der Waals surface area contributed by atoms with Gasteiger partial charge in [-0.25, -0.2) is 0 Å². The second kappa shape index (κ2) is 9.55. The van der Waals surface area contributed by atoms with Gasteiger partial charge in [0.25, 0.3) is 0 Å². The molecule has 2 aromatic carbocycles. The van der Waals surface area contributed by atoms with Crippen LogP contribution in [0.1, 0.15) is 18.4 Å². The normalized spacial score (nSPS) is 10.5. The molecule has 0 bridgehead atoms. The number of para-hydroxylation sites is 1. The Hall–Kier alpha value is -1.71. The Morgan fingerprint density at radius 1 is 1.04 bits per heavy atom. The average Bonchev–Trinajstić information content (AvgIpc) is 2.58. The molecule has 0 aromatic heterocycles. The number of nitrogens with one attached hydrogen (secondary N) is 1. The minimum absolute atomic E-state index is 0.00445. The van der Waals surface area contributed by atoms with Crippen LogP contribution in [0.25, 0.3) is 0 Å². The first-order valence-corrected chi connectivity index (χ1v) is 8.78. The summed E-state index contributed by atoms with van der Waals surface area (Å²) in [6.07, 6.45) is 2.30. The SMILES string of the molecule is CN(CCCCNC(=O)Cc1ccc(Cl)c(Cl)c1)c1ccccc1. The smallest absolute Gasteiger partial charge is 0.224 e. The minimum atomic E-state index is 0.00445. The van der Waals surface area contributed by atoms with Gasteiger partial charge in [0.1, 0.15) is 0 Å². The van der Waals surface area contributed by atoms with Crippen LogP contribution in [-0.2, 0) is 11.2 Å².